The van der Waals surface area contributed by atoms with Crippen LogP contribution < -0.4 is 5.73 Å². The lowest BCUT2D eigenvalue weighted by atomic mass is 10.1. The SMILES string of the molecule is NC(COC(=O)Cc1ccccc1)c1ccc(C(F)(F)F)cc1. The van der Waals surface area contributed by atoms with Crippen molar-refractivity contribution >= 4 is 5.97 Å². The molecule has 2 N–H and O–H groups in total. The number of carbonyl (C=O) groups is 1. The summed E-state index contributed by atoms with van der Waals surface area (Å²) in [5.74, 6) is -0.432. The number of halogens is 3. The maximum absolute atomic E-state index is 12.5. The van der Waals surface area contributed by atoms with Gasteiger partial charge in [-0.1, -0.05) is 42.5 Å². The largest absolute Gasteiger partial charge is 0.463 e. The molecule has 23 heavy (non-hydrogen) atoms. The average molecular weight is 323 g/mol. The molecule has 1 atom stereocenters. The lowest BCUT2D eigenvalue weighted by molar-refractivity contribution is -0.143. The Labute approximate surface area is 131 Å². The van der Waals surface area contributed by atoms with E-state index in [0.717, 1.165) is 17.7 Å². The third-order valence-electron chi connectivity index (χ3n) is 3.28. The standard InChI is InChI=1S/C17H16F3NO2/c18-17(19,20)14-8-6-13(7-9-14)15(21)11-23-16(22)10-12-4-2-1-3-5-12/h1-9,15H,10-11,21H2. The smallest absolute Gasteiger partial charge is 0.416 e. The molecule has 2 aromatic rings. The second-order valence-corrected chi connectivity index (χ2v) is 5.07. The molecule has 122 valence electrons. The Hall–Kier alpha value is -2.34. The van der Waals surface area contributed by atoms with Crippen molar-refractivity contribution in [2.75, 3.05) is 6.61 Å². The van der Waals surface area contributed by atoms with E-state index in [1.54, 1.807) is 12.1 Å². The molecule has 0 aliphatic heterocycles. The highest BCUT2D eigenvalue weighted by Gasteiger charge is 2.30. The van der Waals surface area contributed by atoms with Gasteiger partial charge in [0.1, 0.15) is 6.61 Å². The van der Waals surface area contributed by atoms with E-state index >= 15 is 0 Å². The summed E-state index contributed by atoms with van der Waals surface area (Å²) < 4.78 is 42.5. The number of hydrogen-bond acceptors (Lipinski definition) is 3. The second-order valence-electron chi connectivity index (χ2n) is 5.07. The summed E-state index contributed by atoms with van der Waals surface area (Å²) in [6.07, 6.45) is -4.26. The van der Waals surface area contributed by atoms with Crippen molar-refractivity contribution in [1.29, 1.82) is 0 Å². The lowest BCUT2D eigenvalue weighted by Crippen LogP contribution is -2.20. The van der Waals surface area contributed by atoms with Crippen LogP contribution in [0.2, 0.25) is 0 Å². The van der Waals surface area contributed by atoms with Gasteiger partial charge in [-0.2, -0.15) is 13.2 Å². The Kier molecular flexibility index (Phi) is 5.39. The van der Waals surface area contributed by atoms with Crippen LogP contribution in [-0.2, 0) is 22.1 Å². The third-order valence-corrected chi connectivity index (χ3v) is 3.28. The predicted octanol–water partition coefficient (Wildman–Crippen LogP) is 3.49. The Balaban J connectivity index is 1.87. The summed E-state index contributed by atoms with van der Waals surface area (Å²) in [5.41, 5.74) is 6.39. The fraction of sp³-hybridized carbons (Fsp3) is 0.235. The molecule has 0 bridgehead atoms. The van der Waals surface area contributed by atoms with Crippen molar-refractivity contribution in [3.63, 3.8) is 0 Å². The molecule has 0 spiro atoms. The maximum atomic E-state index is 12.5. The van der Waals surface area contributed by atoms with Crippen molar-refractivity contribution in [2.24, 2.45) is 5.73 Å². The summed E-state index contributed by atoms with van der Waals surface area (Å²) >= 11 is 0. The number of alkyl halides is 3. The van der Waals surface area contributed by atoms with Crippen LogP contribution in [0.1, 0.15) is 22.7 Å². The molecule has 0 fully saturated rings. The molecule has 0 aliphatic rings. The van der Waals surface area contributed by atoms with Gasteiger partial charge < -0.3 is 10.5 Å². The van der Waals surface area contributed by atoms with Crippen molar-refractivity contribution in [1.82, 2.24) is 0 Å². The minimum atomic E-state index is -4.38. The molecule has 0 aromatic heterocycles. The van der Waals surface area contributed by atoms with Gasteiger partial charge in [-0.3, -0.25) is 4.79 Å². The molecule has 2 aromatic carbocycles. The molecular weight excluding hydrogens is 307 g/mol. The minimum Gasteiger partial charge on any atom is -0.463 e. The van der Waals surface area contributed by atoms with Crippen molar-refractivity contribution in [2.45, 2.75) is 18.6 Å². The fourth-order valence-corrected chi connectivity index (χ4v) is 2.01. The Bertz CT molecular complexity index is 639. The number of hydrogen-bond donors (Lipinski definition) is 1. The number of esters is 1. The van der Waals surface area contributed by atoms with Crippen LogP contribution in [0.4, 0.5) is 13.2 Å². The van der Waals surface area contributed by atoms with E-state index < -0.39 is 23.8 Å². The van der Waals surface area contributed by atoms with Crippen molar-refractivity contribution < 1.29 is 22.7 Å². The summed E-state index contributed by atoms with van der Waals surface area (Å²) in [7, 11) is 0. The van der Waals surface area contributed by atoms with E-state index in [4.69, 9.17) is 10.5 Å². The van der Waals surface area contributed by atoms with E-state index in [-0.39, 0.29) is 13.0 Å². The van der Waals surface area contributed by atoms with Crippen LogP contribution in [0.25, 0.3) is 0 Å². The Morgan fingerprint density at radius 2 is 1.65 bits per heavy atom. The van der Waals surface area contributed by atoms with Gasteiger partial charge in [0.15, 0.2) is 0 Å². The normalized spacial score (nSPS) is 12.7. The zero-order valence-corrected chi connectivity index (χ0v) is 12.2. The molecule has 6 heteroatoms. The third kappa shape index (κ3) is 5.10. The number of ether oxygens (including phenoxy) is 1. The zero-order valence-electron chi connectivity index (χ0n) is 12.2. The van der Waals surface area contributed by atoms with Crippen LogP contribution in [0.5, 0.6) is 0 Å². The molecule has 0 aliphatic carbocycles. The molecule has 0 saturated carbocycles. The average Bonchev–Trinajstić information content (AvgIpc) is 2.53. The summed E-state index contributed by atoms with van der Waals surface area (Å²) in [5, 5.41) is 0. The first-order chi connectivity index (χ1) is 10.9. The molecule has 0 heterocycles. The van der Waals surface area contributed by atoms with Crippen LogP contribution in [0.3, 0.4) is 0 Å². The Morgan fingerprint density at radius 1 is 1.04 bits per heavy atom. The van der Waals surface area contributed by atoms with E-state index in [9.17, 15) is 18.0 Å². The molecule has 0 saturated heterocycles. The topological polar surface area (TPSA) is 52.3 Å². The van der Waals surface area contributed by atoms with Gasteiger partial charge >= 0.3 is 12.1 Å². The molecule has 0 radical (unpaired) electrons. The summed E-state index contributed by atoms with van der Waals surface area (Å²) in [6, 6.07) is 12.9. The molecule has 2 rings (SSSR count). The molecule has 1 unspecified atom stereocenters. The number of carbonyl (C=O) groups excluding carboxylic acids is 1. The van der Waals surface area contributed by atoms with E-state index in [2.05, 4.69) is 0 Å². The first kappa shape index (κ1) is 17.0. The second kappa shape index (κ2) is 7.28. The van der Waals surface area contributed by atoms with Crippen LogP contribution in [0.15, 0.2) is 54.6 Å². The fourth-order valence-electron chi connectivity index (χ4n) is 2.01. The zero-order chi connectivity index (χ0) is 16.9. The number of rotatable bonds is 5. The number of nitrogens with two attached hydrogens (primary N) is 1. The van der Waals surface area contributed by atoms with Gasteiger partial charge in [-0.05, 0) is 23.3 Å². The molecule has 3 nitrogen and oxygen atoms in total. The van der Waals surface area contributed by atoms with Gasteiger partial charge in [0.2, 0.25) is 0 Å². The van der Waals surface area contributed by atoms with Gasteiger partial charge in [0.05, 0.1) is 18.0 Å². The first-order valence-corrected chi connectivity index (χ1v) is 6.98. The monoisotopic (exact) mass is 323 g/mol. The Morgan fingerprint density at radius 3 is 2.22 bits per heavy atom. The van der Waals surface area contributed by atoms with E-state index in [1.807, 2.05) is 18.2 Å². The highest BCUT2D eigenvalue weighted by Crippen LogP contribution is 2.29. The van der Waals surface area contributed by atoms with Gasteiger partial charge in [0, 0.05) is 0 Å². The van der Waals surface area contributed by atoms with Gasteiger partial charge in [-0.25, -0.2) is 0 Å². The van der Waals surface area contributed by atoms with Crippen LogP contribution in [-0.4, -0.2) is 12.6 Å². The molecular formula is C17H16F3NO2. The van der Waals surface area contributed by atoms with Crippen molar-refractivity contribution in [3.8, 4) is 0 Å². The van der Waals surface area contributed by atoms with E-state index in [0.29, 0.717) is 5.56 Å². The minimum absolute atomic E-state index is 0.0863. The maximum Gasteiger partial charge on any atom is 0.416 e. The molecule has 0 amide bonds. The van der Waals surface area contributed by atoms with Crippen LogP contribution in [0, 0.1) is 0 Å². The summed E-state index contributed by atoms with van der Waals surface area (Å²) in [4.78, 5) is 11.7. The van der Waals surface area contributed by atoms with Gasteiger partial charge in [-0.15, -0.1) is 0 Å². The predicted molar refractivity (Wildman–Crippen MR) is 79.5 cm³/mol. The van der Waals surface area contributed by atoms with Gasteiger partial charge in [0.25, 0.3) is 0 Å². The highest BCUT2D eigenvalue weighted by molar-refractivity contribution is 5.72. The van der Waals surface area contributed by atoms with Crippen LogP contribution >= 0.6 is 0 Å². The first-order valence-electron chi connectivity index (χ1n) is 6.98. The lowest BCUT2D eigenvalue weighted by Gasteiger charge is -2.14. The summed E-state index contributed by atoms with van der Waals surface area (Å²) in [6.45, 7) is -0.0863. The highest BCUT2D eigenvalue weighted by atomic mass is 19.4. The number of benzene rings is 2. The van der Waals surface area contributed by atoms with E-state index in [1.165, 1.54) is 12.1 Å². The quantitative estimate of drug-likeness (QED) is 0.857. The van der Waals surface area contributed by atoms with Crippen molar-refractivity contribution in [3.05, 3.63) is 71.3 Å².